The van der Waals surface area contributed by atoms with E-state index in [0.29, 0.717) is 11.6 Å². The zero-order chi connectivity index (χ0) is 20.6. The van der Waals surface area contributed by atoms with Crippen LogP contribution in [0.5, 0.6) is 17.2 Å². The van der Waals surface area contributed by atoms with Gasteiger partial charge in [0.15, 0.2) is 22.1 Å². The van der Waals surface area contributed by atoms with Crippen LogP contribution in [0.1, 0.15) is 0 Å². The zero-order valence-electron chi connectivity index (χ0n) is 14.9. The SMILES string of the molecule is COc1ccc(-c2n[nH]c(=S)n2CC(=O)Nc2ccc3c(c2)OC(F)(F)O3)cc1. The molecular weight excluding hydrogens is 406 g/mol. The Hall–Kier alpha value is -3.47. The maximum Gasteiger partial charge on any atom is 0.586 e. The molecule has 3 aromatic rings. The van der Waals surface area contributed by atoms with Gasteiger partial charge in [0.05, 0.1) is 7.11 Å². The number of anilines is 1. The summed E-state index contributed by atoms with van der Waals surface area (Å²) in [7, 11) is 1.56. The number of methoxy groups -OCH3 is 1. The van der Waals surface area contributed by atoms with Crippen molar-refractivity contribution in [2.45, 2.75) is 12.8 Å². The van der Waals surface area contributed by atoms with E-state index in [4.69, 9.17) is 17.0 Å². The highest BCUT2D eigenvalue weighted by molar-refractivity contribution is 7.71. The number of aromatic nitrogens is 3. The summed E-state index contributed by atoms with van der Waals surface area (Å²) in [5.41, 5.74) is 1.01. The fraction of sp³-hybridized carbons (Fsp3) is 0.167. The fourth-order valence-electron chi connectivity index (χ4n) is 2.80. The summed E-state index contributed by atoms with van der Waals surface area (Å²) in [6.45, 7) is -0.138. The second-order valence-corrected chi connectivity index (χ2v) is 6.43. The molecule has 0 saturated heterocycles. The number of ether oxygens (including phenoxy) is 3. The number of carbonyl (C=O) groups excluding carboxylic acids is 1. The van der Waals surface area contributed by atoms with Crippen molar-refractivity contribution in [1.29, 1.82) is 0 Å². The number of benzene rings is 2. The normalized spacial score (nSPS) is 13.9. The number of hydrogen-bond acceptors (Lipinski definition) is 6. The maximum absolute atomic E-state index is 13.1. The lowest BCUT2D eigenvalue weighted by atomic mass is 10.2. The van der Waals surface area contributed by atoms with Crippen molar-refractivity contribution < 1.29 is 27.8 Å². The Labute approximate surface area is 168 Å². The molecule has 0 radical (unpaired) electrons. The Kier molecular flexibility index (Phi) is 4.66. The van der Waals surface area contributed by atoms with Crippen LogP contribution in [-0.2, 0) is 11.3 Å². The van der Waals surface area contributed by atoms with Crippen LogP contribution in [0.15, 0.2) is 42.5 Å². The number of carbonyl (C=O) groups is 1. The predicted octanol–water partition coefficient (Wildman–Crippen LogP) is 3.58. The Morgan fingerprint density at radius 3 is 2.69 bits per heavy atom. The van der Waals surface area contributed by atoms with Gasteiger partial charge in [0.2, 0.25) is 5.91 Å². The maximum atomic E-state index is 13.1. The minimum Gasteiger partial charge on any atom is -0.497 e. The van der Waals surface area contributed by atoms with Crippen LogP contribution in [0, 0.1) is 4.77 Å². The van der Waals surface area contributed by atoms with Gasteiger partial charge in [0.25, 0.3) is 0 Å². The topological polar surface area (TPSA) is 90.4 Å². The zero-order valence-corrected chi connectivity index (χ0v) is 15.8. The summed E-state index contributed by atoms with van der Waals surface area (Å²) < 4.78 is 41.9. The van der Waals surface area contributed by atoms with Crippen LogP contribution in [-0.4, -0.2) is 34.1 Å². The van der Waals surface area contributed by atoms with E-state index in [0.717, 1.165) is 5.56 Å². The van der Waals surface area contributed by atoms with Gasteiger partial charge in [-0.3, -0.25) is 14.5 Å². The van der Waals surface area contributed by atoms with Crippen molar-refractivity contribution in [3.63, 3.8) is 0 Å². The van der Waals surface area contributed by atoms with E-state index in [9.17, 15) is 13.6 Å². The molecule has 0 unspecified atom stereocenters. The number of aromatic amines is 1. The molecular formula is C18H14F2N4O4S. The molecule has 29 heavy (non-hydrogen) atoms. The fourth-order valence-corrected chi connectivity index (χ4v) is 2.99. The molecule has 0 fully saturated rings. The van der Waals surface area contributed by atoms with Gasteiger partial charge in [-0.1, -0.05) is 0 Å². The summed E-state index contributed by atoms with van der Waals surface area (Å²) in [6.07, 6.45) is -3.72. The largest absolute Gasteiger partial charge is 0.586 e. The summed E-state index contributed by atoms with van der Waals surface area (Å²) >= 11 is 5.21. The molecule has 11 heteroatoms. The molecule has 0 aliphatic carbocycles. The molecule has 1 amide bonds. The van der Waals surface area contributed by atoms with Crippen molar-refractivity contribution in [1.82, 2.24) is 14.8 Å². The van der Waals surface area contributed by atoms with E-state index in [1.54, 1.807) is 31.4 Å². The lowest BCUT2D eigenvalue weighted by Gasteiger charge is -2.09. The molecule has 4 rings (SSSR count). The van der Waals surface area contributed by atoms with E-state index in [-0.39, 0.29) is 28.5 Å². The molecule has 0 spiro atoms. The number of rotatable bonds is 5. The average molecular weight is 420 g/mol. The molecule has 8 nitrogen and oxygen atoms in total. The molecule has 1 aromatic heterocycles. The number of H-pyrrole nitrogens is 1. The molecule has 1 aliphatic heterocycles. The third kappa shape index (κ3) is 3.90. The predicted molar refractivity (Wildman–Crippen MR) is 101 cm³/mol. The molecule has 0 bridgehead atoms. The lowest BCUT2D eigenvalue weighted by Crippen LogP contribution is -2.25. The number of halogens is 2. The minimum atomic E-state index is -3.72. The summed E-state index contributed by atoms with van der Waals surface area (Å²) in [6, 6.07) is 11.1. The Balaban J connectivity index is 1.51. The van der Waals surface area contributed by atoms with Crippen molar-refractivity contribution >= 4 is 23.8 Å². The second kappa shape index (κ2) is 7.17. The van der Waals surface area contributed by atoms with Crippen molar-refractivity contribution in [2.24, 2.45) is 0 Å². The monoisotopic (exact) mass is 420 g/mol. The quantitative estimate of drug-likeness (QED) is 0.614. The van der Waals surface area contributed by atoms with Gasteiger partial charge in [0, 0.05) is 17.3 Å². The highest BCUT2D eigenvalue weighted by Gasteiger charge is 2.43. The van der Waals surface area contributed by atoms with Crippen molar-refractivity contribution in [3.8, 4) is 28.6 Å². The molecule has 2 heterocycles. The average Bonchev–Trinajstić information content (AvgIpc) is 3.19. The van der Waals surface area contributed by atoms with Crippen LogP contribution in [0.25, 0.3) is 11.4 Å². The highest BCUT2D eigenvalue weighted by atomic mass is 32.1. The van der Waals surface area contributed by atoms with Crippen LogP contribution in [0.3, 0.4) is 0 Å². The number of nitrogens with one attached hydrogen (secondary N) is 2. The summed E-state index contributed by atoms with van der Waals surface area (Å²) in [4.78, 5) is 12.5. The Bertz CT molecular complexity index is 1130. The van der Waals surface area contributed by atoms with Gasteiger partial charge < -0.3 is 19.5 Å². The third-order valence-electron chi connectivity index (χ3n) is 4.09. The van der Waals surface area contributed by atoms with Gasteiger partial charge >= 0.3 is 6.29 Å². The highest BCUT2D eigenvalue weighted by Crippen LogP contribution is 2.42. The van der Waals surface area contributed by atoms with E-state index in [1.165, 1.54) is 22.8 Å². The second-order valence-electron chi connectivity index (χ2n) is 6.04. The van der Waals surface area contributed by atoms with E-state index in [2.05, 4.69) is 25.0 Å². The van der Waals surface area contributed by atoms with E-state index in [1.807, 2.05) is 0 Å². The van der Waals surface area contributed by atoms with Gasteiger partial charge in [0.1, 0.15) is 12.3 Å². The van der Waals surface area contributed by atoms with Gasteiger partial charge in [-0.25, -0.2) is 0 Å². The standard InChI is InChI=1S/C18H14F2N4O4S/c1-26-12-5-2-10(3-6-12)16-22-23-17(29)24(16)9-15(25)21-11-4-7-13-14(8-11)28-18(19,20)27-13/h2-8H,9H2,1H3,(H,21,25)(H,23,29). The Morgan fingerprint density at radius 2 is 1.97 bits per heavy atom. The van der Waals surface area contributed by atoms with Gasteiger partial charge in [-0.05, 0) is 48.6 Å². The van der Waals surface area contributed by atoms with Gasteiger partial charge in [-0.2, -0.15) is 5.10 Å². The molecule has 150 valence electrons. The van der Waals surface area contributed by atoms with E-state index < -0.39 is 12.2 Å². The van der Waals surface area contributed by atoms with E-state index >= 15 is 0 Å². The molecule has 0 atom stereocenters. The van der Waals surface area contributed by atoms with Crippen LogP contribution in [0.2, 0.25) is 0 Å². The molecule has 1 aliphatic rings. The number of fused-ring (bicyclic) bond motifs is 1. The summed E-state index contributed by atoms with van der Waals surface area (Å²) in [5, 5.41) is 9.44. The smallest absolute Gasteiger partial charge is 0.497 e. The first-order valence-corrected chi connectivity index (χ1v) is 8.75. The number of nitrogens with zero attached hydrogens (tertiary/aromatic N) is 2. The number of alkyl halides is 2. The van der Waals surface area contributed by atoms with Crippen molar-refractivity contribution in [3.05, 3.63) is 47.2 Å². The van der Waals surface area contributed by atoms with Crippen LogP contribution in [0.4, 0.5) is 14.5 Å². The first kappa shape index (κ1) is 18.9. The summed E-state index contributed by atoms with van der Waals surface area (Å²) in [5.74, 6) is 0.458. The third-order valence-corrected chi connectivity index (χ3v) is 4.40. The first-order chi connectivity index (χ1) is 13.8. The van der Waals surface area contributed by atoms with Crippen molar-refractivity contribution in [2.75, 3.05) is 12.4 Å². The minimum absolute atomic E-state index is 0.105. The first-order valence-electron chi connectivity index (χ1n) is 8.34. The molecule has 2 aromatic carbocycles. The molecule has 2 N–H and O–H groups in total. The van der Waals surface area contributed by atoms with Crippen LogP contribution >= 0.6 is 12.2 Å². The lowest BCUT2D eigenvalue weighted by molar-refractivity contribution is -0.286. The Morgan fingerprint density at radius 1 is 1.24 bits per heavy atom. The van der Waals surface area contributed by atoms with Gasteiger partial charge in [-0.15, -0.1) is 8.78 Å². The number of hydrogen-bond donors (Lipinski definition) is 2. The van der Waals surface area contributed by atoms with Crippen LogP contribution < -0.4 is 19.5 Å². The number of amides is 1. The molecule has 0 saturated carbocycles.